The molecule has 2 fully saturated rings. The van der Waals surface area contributed by atoms with E-state index in [1.165, 1.54) is 68.9 Å². The number of allylic oxidation sites excluding steroid dienone is 3. The molecule has 0 saturated heterocycles. The van der Waals surface area contributed by atoms with Crippen LogP contribution in [0, 0.1) is 11.8 Å². The first-order valence-corrected chi connectivity index (χ1v) is 14.4. The van der Waals surface area contributed by atoms with Gasteiger partial charge in [-0.15, -0.1) is 6.58 Å². The maximum absolute atomic E-state index is 14.6. The zero-order valence-electron chi connectivity index (χ0n) is 22.5. The van der Waals surface area contributed by atoms with Crippen LogP contribution in [0.25, 0.3) is 0 Å². The molecule has 2 saturated carbocycles. The van der Waals surface area contributed by atoms with E-state index in [4.69, 9.17) is 4.74 Å². The Morgan fingerprint density at radius 3 is 1.89 bits per heavy atom. The minimum atomic E-state index is -3.19. The van der Waals surface area contributed by atoms with Gasteiger partial charge in [-0.3, -0.25) is 0 Å². The van der Waals surface area contributed by atoms with Crippen molar-refractivity contribution >= 4 is 0 Å². The highest BCUT2D eigenvalue weighted by Gasteiger charge is 2.31. The van der Waals surface area contributed by atoms with Crippen molar-refractivity contribution in [3.05, 3.63) is 95.6 Å². The van der Waals surface area contributed by atoms with E-state index in [-0.39, 0.29) is 6.61 Å². The second-order valence-corrected chi connectivity index (χ2v) is 11.3. The Bertz CT molecular complexity index is 975. The van der Waals surface area contributed by atoms with E-state index in [0.717, 1.165) is 17.9 Å². The van der Waals surface area contributed by atoms with Crippen LogP contribution in [-0.2, 0) is 17.8 Å². The van der Waals surface area contributed by atoms with Gasteiger partial charge < -0.3 is 4.74 Å². The number of benzene rings is 2. The Kier molecular flexibility index (Phi) is 10.1. The highest BCUT2D eigenvalue weighted by Crippen LogP contribution is 2.38. The standard InChI is InChI=1S/C34H44F2O/c1-3-5-7-27-10-18-31(19-11-27)32-20-12-28(13-21-32)24-34(35,36)37-25-29-14-22-33(23-15-29)30-16-8-26(6-4-2)9-17-30/h3-4,6,12-15,20-23,26-27,30-31H,1,5,7-11,16-19,24-25H2,2H3/b6-4+. The van der Waals surface area contributed by atoms with E-state index in [1.807, 2.05) is 42.5 Å². The van der Waals surface area contributed by atoms with Gasteiger partial charge in [0.05, 0.1) is 13.0 Å². The molecule has 0 N–H and O–H groups in total. The number of hydrogen-bond donors (Lipinski definition) is 0. The molecular weight excluding hydrogens is 462 g/mol. The van der Waals surface area contributed by atoms with Gasteiger partial charge in [0, 0.05) is 0 Å². The number of halogens is 2. The van der Waals surface area contributed by atoms with Gasteiger partial charge in [0.25, 0.3) is 0 Å². The lowest BCUT2D eigenvalue weighted by molar-refractivity contribution is -0.244. The molecule has 4 rings (SSSR count). The smallest absolute Gasteiger partial charge is 0.315 e. The van der Waals surface area contributed by atoms with Gasteiger partial charge in [-0.2, -0.15) is 8.78 Å². The summed E-state index contributed by atoms with van der Waals surface area (Å²) < 4.78 is 34.3. The Hall–Kier alpha value is -2.26. The van der Waals surface area contributed by atoms with Gasteiger partial charge >= 0.3 is 6.11 Å². The monoisotopic (exact) mass is 506 g/mol. The maximum Gasteiger partial charge on any atom is 0.360 e. The molecule has 0 aliphatic heterocycles. The highest BCUT2D eigenvalue weighted by molar-refractivity contribution is 5.27. The van der Waals surface area contributed by atoms with Gasteiger partial charge in [0.15, 0.2) is 0 Å². The summed E-state index contributed by atoms with van der Waals surface area (Å²) in [4.78, 5) is 0. The SMILES string of the molecule is C=CCCC1CCC(c2ccc(CC(F)(F)OCc3ccc(C4CCC(/C=C/C)CC4)cc3)cc2)CC1. The van der Waals surface area contributed by atoms with Crippen LogP contribution in [0.2, 0.25) is 0 Å². The molecule has 2 aliphatic carbocycles. The fraction of sp³-hybridized carbons (Fsp3) is 0.529. The molecule has 0 heterocycles. The molecule has 3 heteroatoms. The molecule has 2 aromatic carbocycles. The van der Waals surface area contributed by atoms with E-state index < -0.39 is 12.5 Å². The molecule has 1 nitrogen and oxygen atoms in total. The van der Waals surface area contributed by atoms with Gasteiger partial charge in [-0.05, 0) is 117 Å². The largest absolute Gasteiger partial charge is 0.360 e. The zero-order chi connectivity index (χ0) is 26.1. The van der Waals surface area contributed by atoms with Crippen molar-refractivity contribution in [1.29, 1.82) is 0 Å². The van der Waals surface area contributed by atoms with E-state index in [0.29, 0.717) is 23.3 Å². The van der Waals surface area contributed by atoms with Crippen molar-refractivity contribution < 1.29 is 13.5 Å². The van der Waals surface area contributed by atoms with Crippen LogP contribution in [0.5, 0.6) is 0 Å². The first kappa shape index (κ1) is 27.8. The summed E-state index contributed by atoms with van der Waals surface area (Å²) in [6, 6.07) is 15.9. The van der Waals surface area contributed by atoms with Crippen LogP contribution in [-0.4, -0.2) is 6.11 Å². The third-order valence-corrected chi connectivity index (χ3v) is 8.62. The zero-order valence-corrected chi connectivity index (χ0v) is 22.5. The van der Waals surface area contributed by atoms with Crippen LogP contribution in [0.3, 0.4) is 0 Å². The van der Waals surface area contributed by atoms with Crippen molar-refractivity contribution in [2.75, 3.05) is 0 Å². The summed E-state index contributed by atoms with van der Waals surface area (Å²) in [6.07, 6.45) is 15.0. The topological polar surface area (TPSA) is 9.23 Å². The molecule has 2 aromatic rings. The van der Waals surface area contributed by atoms with E-state index in [2.05, 4.69) is 37.8 Å². The molecular formula is C34H44F2O. The lowest BCUT2D eigenvalue weighted by Crippen LogP contribution is -2.23. The fourth-order valence-corrected chi connectivity index (χ4v) is 6.33. The van der Waals surface area contributed by atoms with Gasteiger partial charge in [-0.1, -0.05) is 66.8 Å². The van der Waals surface area contributed by atoms with Gasteiger partial charge in [0.1, 0.15) is 0 Å². The van der Waals surface area contributed by atoms with Crippen molar-refractivity contribution in [3.63, 3.8) is 0 Å². The number of ether oxygens (including phenoxy) is 1. The molecule has 0 unspecified atom stereocenters. The van der Waals surface area contributed by atoms with Gasteiger partial charge in [0.2, 0.25) is 0 Å². The Balaban J connectivity index is 1.22. The summed E-state index contributed by atoms with van der Waals surface area (Å²) in [5, 5.41) is 0. The lowest BCUT2D eigenvalue weighted by Gasteiger charge is -2.28. The van der Waals surface area contributed by atoms with Crippen molar-refractivity contribution in [1.82, 2.24) is 0 Å². The Labute approximate surface area is 223 Å². The third kappa shape index (κ3) is 8.37. The Morgan fingerprint density at radius 2 is 1.35 bits per heavy atom. The quantitative estimate of drug-likeness (QED) is 0.275. The van der Waals surface area contributed by atoms with Crippen molar-refractivity contribution in [2.45, 2.75) is 102 Å². The number of hydrogen-bond acceptors (Lipinski definition) is 1. The summed E-state index contributed by atoms with van der Waals surface area (Å²) in [7, 11) is 0. The van der Waals surface area contributed by atoms with Gasteiger partial charge in [-0.25, -0.2) is 0 Å². The molecule has 0 atom stereocenters. The average molecular weight is 507 g/mol. The summed E-state index contributed by atoms with van der Waals surface area (Å²) >= 11 is 0. The van der Waals surface area contributed by atoms with Crippen LogP contribution in [0.15, 0.2) is 73.3 Å². The molecule has 0 bridgehead atoms. The normalized spacial score (nSPS) is 24.8. The first-order chi connectivity index (χ1) is 18.0. The molecule has 200 valence electrons. The summed E-state index contributed by atoms with van der Waals surface area (Å²) in [5.41, 5.74) is 4.02. The second kappa shape index (κ2) is 13.5. The summed E-state index contributed by atoms with van der Waals surface area (Å²) in [6.45, 7) is 5.84. The second-order valence-electron chi connectivity index (χ2n) is 11.3. The number of alkyl halides is 2. The minimum Gasteiger partial charge on any atom is -0.315 e. The van der Waals surface area contributed by atoms with Crippen molar-refractivity contribution in [2.24, 2.45) is 11.8 Å². The molecule has 0 aromatic heterocycles. The molecule has 0 amide bonds. The molecule has 0 radical (unpaired) electrons. The minimum absolute atomic E-state index is 0.0749. The molecule has 37 heavy (non-hydrogen) atoms. The Morgan fingerprint density at radius 1 is 0.811 bits per heavy atom. The molecule has 0 spiro atoms. The average Bonchev–Trinajstić information content (AvgIpc) is 2.92. The lowest BCUT2D eigenvalue weighted by atomic mass is 9.77. The third-order valence-electron chi connectivity index (χ3n) is 8.62. The van der Waals surface area contributed by atoms with Crippen LogP contribution in [0.1, 0.15) is 105 Å². The van der Waals surface area contributed by atoms with E-state index >= 15 is 0 Å². The number of rotatable bonds is 11. The first-order valence-electron chi connectivity index (χ1n) is 14.4. The van der Waals surface area contributed by atoms with E-state index in [1.54, 1.807) is 0 Å². The molecule has 2 aliphatic rings. The summed E-state index contributed by atoms with van der Waals surface area (Å²) in [5.74, 6) is 2.65. The highest BCUT2D eigenvalue weighted by atomic mass is 19.3. The predicted molar refractivity (Wildman–Crippen MR) is 150 cm³/mol. The predicted octanol–water partition coefficient (Wildman–Crippen LogP) is 10.1. The fourth-order valence-electron chi connectivity index (χ4n) is 6.33. The van der Waals surface area contributed by atoms with Crippen molar-refractivity contribution in [3.8, 4) is 0 Å². The van der Waals surface area contributed by atoms with Crippen LogP contribution < -0.4 is 0 Å². The van der Waals surface area contributed by atoms with Crippen LogP contribution >= 0.6 is 0 Å². The van der Waals surface area contributed by atoms with E-state index in [9.17, 15) is 8.78 Å². The van der Waals surface area contributed by atoms with Crippen LogP contribution in [0.4, 0.5) is 8.78 Å². The maximum atomic E-state index is 14.6.